The fraction of sp³-hybridized carbons (Fsp3) is 0.714. The minimum Gasteiger partial charge on any atom is -0.379 e. The number of alkyl halides is 3. The van der Waals surface area contributed by atoms with Crippen LogP contribution in [0.3, 0.4) is 0 Å². The first-order valence-corrected chi connectivity index (χ1v) is 8.41. The lowest BCUT2D eigenvalue weighted by atomic mass is 10.1. The van der Waals surface area contributed by atoms with E-state index in [1.807, 2.05) is 6.92 Å². The number of likely N-dealkylation sites (tertiary alicyclic amines) is 1. The van der Waals surface area contributed by atoms with E-state index in [9.17, 15) is 18.0 Å². The Bertz CT molecular complexity index is 572. The van der Waals surface area contributed by atoms with Crippen molar-refractivity contribution in [1.82, 2.24) is 14.8 Å². The van der Waals surface area contributed by atoms with E-state index in [0.29, 0.717) is 31.1 Å². The molecule has 1 aromatic heterocycles. The number of nitrogens with zero attached hydrogens (tertiary/aromatic N) is 3. The number of carbonyl (C=O) groups is 1. The maximum Gasteiger partial charge on any atom is 0.443 e. The van der Waals surface area contributed by atoms with Crippen LogP contribution in [0.5, 0.6) is 0 Å². The van der Waals surface area contributed by atoms with Crippen molar-refractivity contribution in [2.75, 3.05) is 32.8 Å². The summed E-state index contributed by atoms with van der Waals surface area (Å²) in [5, 5.41) is 0.220. The molecule has 128 valence electrons. The second-order valence-electron chi connectivity index (χ2n) is 5.78. The van der Waals surface area contributed by atoms with E-state index in [0.717, 1.165) is 19.5 Å². The van der Waals surface area contributed by atoms with Gasteiger partial charge in [-0.25, -0.2) is 4.98 Å². The largest absolute Gasteiger partial charge is 0.443 e. The zero-order chi connectivity index (χ0) is 16.6. The van der Waals surface area contributed by atoms with Gasteiger partial charge in [-0.15, -0.1) is 11.3 Å². The van der Waals surface area contributed by atoms with Gasteiger partial charge in [-0.3, -0.25) is 9.69 Å². The van der Waals surface area contributed by atoms with Crippen LogP contribution in [0.1, 0.15) is 28.8 Å². The van der Waals surface area contributed by atoms with E-state index in [2.05, 4.69) is 9.88 Å². The Balaban J connectivity index is 1.69. The molecule has 9 heteroatoms. The fourth-order valence-electron chi connectivity index (χ4n) is 3.26. The summed E-state index contributed by atoms with van der Waals surface area (Å²) in [6, 6.07) is 0.181. The monoisotopic (exact) mass is 349 g/mol. The predicted molar refractivity (Wildman–Crippen MR) is 78.4 cm³/mol. The Morgan fingerprint density at radius 1 is 1.35 bits per heavy atom. The Morgan fingerprint density at radius 2 is 2.04 bits per heavy atom. The normalized spacial score (nSPS) is 26.7. The topological polar surface area (TPSA) is 45.7 Å². The average Bonchev–Trinajstić information content (AvgIpc) is 3.14. The van der Waals surface area contributed by atoms with E-state index in [1.165, 1.54) is 5.38 Å². The molecule has 2 saturated heterocycles. The smallest absolute Gasteiger partial charge is 0.379 e. The summed E-state index contributed by atoms with van der Waals surface area (Å²) in [6.45, 7) is 5.50. The van der Waals surface area contributed by atoms with Crippen molar-refractivity contribution >= 4 is 17.2 Å². The quantitative estimate of drug-likeness (QED) is 0.820. The lowest BCUT2D eigenvalue weighted by Crippen LogP contribution is -2.49. The third-order valence-electron chi connectivity index (χ3n) is 4.46. The molecule has 0 bridgehead atoms. The van der Waals surface area contributed by atoms with Gasteiger partial charge in [0.2, 0.25) is 0 Å². The molecule has 5 nitrogen and oxygen atoms in total. The number of halogens is 3. The Hall–Kier alpha value is -1.19. The molecule has 0 N–H and O–H groups in total. The second kappa shape index (κ2) is 6.37. The van der Waals surface area contributed by atoms with Crippen molar-refractivity contribution in [3.63, 3.8) is 0 Å². The molecule has 0 unspecified atom stereocenters. The molecule has 3 heterocycles. The van der Waals surface area contributed by atoms with Gasteiger partial charge >= 0.3 is 6.18 Å². The van der Waals surface area contributed by atoms with Crippen LogP contribution in [0.25, 0.3) is 0 Å². The van der Waals surface area contributed by atoms with Gasteiger partial charge in [-0.2, -0.15) is 13.2 Å². The Morgan fingerprint density at radius 3 is 2.65 bits per heavy atom. The van der Waals surface area contributed by atoms with Crippen LogP contribution < -0.4 is 0 Å². The number of carbonyl (C=O) groups excluding carboxylic acids is 1. The van der Waals surface area contributed by atoms with Crippen LogP contribution in [0.15, 0.2) is 5.38 Å². The predicted octanol–water partition coefficient (Wildman–Crippen LogP) is 2.10. The SMILES string of the molecule is C[C@@H]1[C@H](N2CCOCC2)CCN1C(=O)c1csc(C(F)(F)F)n1. The van der Waals surface area contributed by atoms with E-state index < -0.39 is 17.1 Å². The third kappa shape index (κ3) is 3.36. The van der Waals surface area contributed by atoms with Crippen molar-refractivity contribution in [1.29, 1.82) is 0 Å². The summed E-state index contributed by atoms with van der Waals surface area (Å²) < 4.78 is 43.2. The van der Waals surface area contributed by atoms with Crippen molar-refractivity contribution in [3.8, 4) is 0 Å². The van der Waals surface area contributed by atoms with Crippen LogP contribution >= 0.6 is 11.3 Å². The maximum absolute atomic E-state index is 12.6. The molecule has 0 aliphatic carbocycles. The van der Waals surface area contributed by atoms with E-state index in [-0.39, 0.29) is 17.8 Å². The summed E-state index contributed by atoms with van der Waals surface area (Å²) in [5.74, 6) is -0.417. The number of amides is 1. The standard InChI is InChI=1S/C14H18F3N3O2S/c1-9-11(19-4-6-22-7-5-19)2-3-20(9)12(21)10-8-23-13(18-10)14(15,16)17/h8-9,11H,2-7H2,1H3/t9-,11-/m1/s1. The zero-order valence-electron chi connectivity index (χ0n) is 12.7. The van der Waals surface area contributed by atoms with E-state index in [4.69, 9.17) is 4.74 Å². The highest BCUT2D eigenvalue weighted by molar-refractivity contribution is 7.09. The van der Waals surface area contributed by atoms with Crippen molar-refractivity contribution < 1.29 is 22.7 Å². The fourth-order valence-corrected chi connectivity index (χ4v) is 3.92. The molecule has 2 aliphatic rings. The van der Waals surface area contributed by atoms with Crippen LogP contribution in [0.2, 0.25) is 0 Å². The summed E-state index contributed by atoms with van der Waals surface area (Å²) >= 11 is 0.463. The van der Waals surface area contributed by atoms with Gasteiger partial charge in [0.1, 0.15) is 5.69 Å². The first-order valence-electron chi connectivity index (χ1n) is 7.53. The van der Waals surface area contributed by atoms with Crippen molar-refractivity contribution in [3.05, 3.63) is 16.1 Å². The maximum atomic E-state index is 12.6. The molecule has 23 heavy (non-hydrogen) atoms. The minimum absolute atomic E-state index is 0.0448. The second-order valence-corrected chi connectivity index (χ2v) is 6.64. The van der Waals surface area contributed by atoms with Gasteiger partial charge in [0.15, 0.2) is 5.01 Å². The molecule has 3 rings (SSSR count). The number of ether oxygens (including phenoxy) is 1. The van der Waals surface area contributed by atoms with Crippen LogP contribution in [-0.2, 0) is 10.9 Å². The number of thiazole rings is 1. The Labute approximate surface area is 136 Å². The third-order valence-corrected chi connectivity index (χ3v) is 5.34. The van der Waals surface area contributed by atoms with Crippen LogP contribution in [0, 0.1) is 0 Å². The summed E-state index contributed by atoms with van der Waals surface area (Å²) in [7, 11) is 0. The van der Waals surface area contributed by atoms with Crippen LogP contribution in [-0.4, -0.2) is 65.6 Å². The van der Waals surface area contributed by atoms with Gasteiger partial charge in [-0.05, 0) is 13.3 Å². The molecule has 1 aromatic rings. The lowest BCUT2D eigenvalue weighted by molar-refractivity contribution is -0.137. The average molecular weight is 349 g/mol. The highest BCUT2D eigenvalue weighted by atomic mass is 32.1. The van der Waals surface area contributed by atoms with Crippen molar-refractivity contribution in [2.45, 2.75) is 31.6 Å². The molecule has 0 radical (unpaired) electrons. The van der Waals surface area contributed by atoms with Gasteiger partial charge < -0.3 is 9.64 Å². The Kier molecular flexibility index (Phi) is 4.61. The van der Waals surface area contributed by atoms with Crippen LogP contribution in [0.4, 0.5) is 13.2 Å². The molecule has 2 aliphatic heterocycles. The number of hydrogen-bond donors (Lipinski definition) is 0. The van der Waals surface area contributed by atoms with Gasteiger partial charge in [0, 0.05) is 37.1 Å². The van der Waals surface area contributed by atoms with Gasteiger partial charge in [-0.1, -0.05) is 0 Å². The molecule has 0 aromatic carbocycles. The summed E-state index contributed by atoms with van der Waals surface area (Å²) in [4.78, 5) is 19.9. The summed E-state index contributed by atoms with van der Waals surface area (Å²) in [6.07, 6.45) is -3.68. The van der Waals surface area contributed by atoms with Gasteiger partial charge in [0.05, 0.1) is 13.2 Å². The van der Waals surface area contributed by atoms with Gasteiger partial charge in [0.25, 0.3) is 5.91 Å². The number of aromatic nitrogens is 1. The molecule has 1 amide bonds. The number of rotatable bonds is 2. The number of hydrogen-bond acceptors (Lipinski definition) is 5. The minimum atomic E-state index is -4.50. The zero-order valence-corrected chi connectivity index (χ0v) is 13.5. The molecule has 0 spiro atoms. The van der Waals surface area contributed by atoms with E-state index in [1.54, 1.807) is 4.90 Å². The first kappa shape index (κ1) is 16.7. The lowest BCUT2D eigenvalue weighted by Gasteiger charge is -2.35. The summed E-state index contributed by atoms with van der Waals surface area (Å²) in [5.41, 5.74) is -0.114. The molecule has 2 fully saturated rings. The highest BCUT2D eigenvalue weighted by Crippen LogP contribution is 2.32. The van der Waals surface area contributed by atoms with E-state index >= 15 is 0 Å². The first-order chi connectivity index (χ1) is 10.9. The molecular formula is C14H18F3N3O2S. The van der Waals surface area contributed by atoms with Crippen molar-refractivity contribution in [2.24, 2.45) is 0 Å². The molecule has 0 saturated carbocycles. The molecule has 2 atom stereocenters. The highest BCUT2D eigenvalue weighted by Gasteiger charge is 2.40. The molecular weight excluding hydrogens is 331 g/mol. The number of morpholine rings is 1.